The highest BCUT2D eigenvalue weighted by atomic mass is 32.2. The molecule has 19 heavy (non-hydrogen) atoms. The molecule has 0 spiro atoms. The van der Waals surface area contributed by atoms with E-state index >= 15 is 0 Å². The van der Waals surface area contributed by atoms with Crippen LogP contribution in [-0.4, -0.2) is 29.6 Å². The van der Waals surface area contributed by atoms with Crippen molar-refractivity contribution in [2.75, 3.05) is 18.5 Å². The number of sulfone groups is 1. The Balaban J connectivity index is 2.36. The van der Waals surface area contributed by atoms with Gasteiger partial charge in [0.25, 0.3) is 0 Å². The van der Waals surface area contributed by atoms with Crippen molar-refractivity contribution in [1.82, 2.24) is 4.72 Å². The molecule has 2 rings (SSSR count). The molecule has 0 aromatic heterocycles. The van der Waals surface area contributed by atoms with Gasteiger partial charge in [0.15, 0.2) is 9.84 Å². The van der Waals surface area contributed by atoms with Gasteiger partial charge < -0.3 is 5.73 Å². The van der Waals surface area contributed by atoms with Gasteiger partial charge in [0.2, 0.25) is 10.0 Å². The Hall–Kier alpha value is -1.12. The number of nitrogens with two attached hydrogens (primary N) is 1. The Labute approximate surface area is 113 Å². The first kappa shape index (κ1) is 14.3. The van der Waals surface area contributed by atoms with Crippen LogP contribution in [-0.2, 0) is 19.9 Å². The fraction of sp³-hybridized carbons (Fsp3) is 0.455. The van der Waals surface area contributed by atoms with E-state index in [1.54, 1.807) is 0 Å². The molecular formula is C11H16N2O4S2. The van der Waals surface area contributed by atoms with Crippen molar-refractivity contribution in [3.8, 4) is 0 Å². The van der Waals surface area contributed by atoms with Crippen LogP contribution in [0.1, 0.15) is 12.8 Å². The third-order valence-corrected chi connectivity index (χ3v) is 5.55. The number of anilines is 1. The SMILES string of the molecule is CS(=O)(=O)c1ccc(N)c(S(=O)(=O)NCC2CC2)c1. The minimum atomic E-state index is -3.77. The van der Waals surface area contributed by atoms with Gasteiger partial charge in [-0.1, -0.05) is 0 Å². The van der Waals surface area contributed by atoms with Crippen molar-refractivity contribution >= 4 is 25.5 Å². The topological polar surface area (TPSA) is 106 Å². The summed E-state index contributed by atoms with van der Waals surface area (Å²) in [7, 11) is -7.24. The summed E-state index contributed by atoms with van der Waals surface area (Å²) in [4.78, 5) is -0.246. The van der Waals surface area contributed by atoms with E-state index < -0.39 is 19.9 Å². The molecule has 0 aliphatic heterocycles. The summed E-state index contributed by atoms with van der Waals surface area (Å²) in [5.41, 5.74) is 5.66. The second kappa shape index (κ2) is 4.77. The maximum Gasteiger partial charge on any atom is 0.242 e. The zero-order valence-corrected chi connectivity index (χ0v) is 12.1. The van der Waals surface area contributed by atoms with Gasteiger partial charge in [0.1, 0.15) is 4.90 Å². The molecule has 0 unspecified atom stereocenters. The number of hydrogen-bond acceptors (Lipinski definition) is 5. The Bertz CT molecular complexity index is 691. The summed E-state index contributed by atoms with van der Waals surface area (Å²) in [6.07, 6.45) is 3.05. The lowest BCUT2D eigenvalue weighted by molar-refractivity contribution is 0.577. The maximum atomic E-state index is 12.1. The molecule has 1 aliphatic carbocycles. The predicted molar refractivity (Wildman–Crippen MR) is 71.9 cm³/mol. The second-order valence-corrected chi connectivity index (χ2v) is 8.52. The molecule has 8 heteroatoms. The summed E-state index contributed by atoms with van der Waals surface area (Å²) in [5.74, 6) is 0.383. The van der Waals surface area contributed by atoms with Crippen molar-refractivity contribution in [1.29, 1.82) is 0 Å². The van der Waals surface area contributed by atoms with E-state index in [4.69, 9.17) is 5.73 Å². The lowest BCUT2D eigenvalue weighted by Crippen LogP contribution is -2.26. The van der Waals surface area contributed by atoms with Crippen molar-refractivity contribution in [3.05, 3.63) is 18.2 Å². The molecule has 1 aliphatic rings. The first-order valence-electron chi connectivity index (χ1n) is 5.79. The lowest BCUT2D eigenvalue weighted by Gasteiger charge is -2.10. The van der Waals surface area contributed by atoms with Crippen LogP contribution in [0.25, 0.3) is 0 Å². The molecular weight excluding hydrogens is 288 g/mol. The van der Waals surface area contributed by atoms with Gasteiger partial charge in [-0.05, 0) is 37.0 Å². The molecule has 0 heterocycles. The van der Waals surface area contributed by atoms with E-state index in [-0.39, 0.29) is 15.5 Å². The maximum absolute atomic E-state index is 12.1. The normalized spacial score (nSPS) is 16.5. The van der Waals surface area contributed by atoms with E-state index in [0.717, 1.165) is 25.2 Å². The Kier molecular flexibility index (Phi) is 3.59. The van der Waals surface area contributed by atoms with Crippen LogP contribution >= 0.6 is 0 Å². The average molecular weight is 304 g/mol. The predicted octanol–water partition coefficient (Wildman–Crippen LogP) is 0.361. The largest absolute Gasteiger partial charge is 0.398 e. The minimum Gasteiger partial charge on any atom is -0.398 e. The van der Waals surface area contributed by atoms with E-state index in [1.165, 1.54) is 12.1 Å². The molecule has 3 N–H and O–H groups in total. The minimum absolute atomic E-state index is 0.0377. The second-order valence-electron chi connectivity index (χ2n) is 4.77. The van der Waals surface area contributed by atoms with Crippen LogP contribution < -0.4 is 10.5 Å². The number of nitrogen functional groups attached to an aromatic ring is 1. The van der Waals surface area contributed by atoms with Crippen LogP contribution in [0.3, 0.4) is 0 Å². The van der Waals surface area contributed by atoms with Crippen LogP contribution in [0.4, 0.5) is 5.69 Å². The summed E-state index contributed by atoms with van der Waals surface area (Å²) < 4.78 is 49.5. The first-order valence-corrected chi connectivity index (χ1v) is 9.17. The third-order valence-electron chi connectivity index (χ3n) is 2.96. The lowest BCUT2D eigenvalue weighted by atomic mass is 10.3. The van der Waals surface area contributed by atoms with Gasteiger partial charge in [0, 0.05) is 12.8 Å². The average Bonchev–Trinajstić information content (AvgIpc) is 3.09. The van der Waals surface area contributed by atoms with Gasteiger partial charge in [-0.15, -0.1) is 0 Å². The zero-order chi connectivity index (χ0) is 14.3. The molecule has 0 saturated heterocycles. The number of sulfonamides is 1. The Morgan fingerprint density at radius 3 is 2.42 bits per heavy atom. The van der Waals surface area contributed by atoms with Crippen molar-refractivity contribution in [2.45, 2.75) is 22.6 Å². The van der Waals surface area contributed by atoms with Crippen LogP contribution in [0.5, 0.6) is 0 Å². The van der Waals surface area contributed by atoms with E-state index in [0.29, 0.717) is 12.5 Å². The quantitative estimate of drug-likeness (QED) is 0.764. The molecule has 6 nitrogen and oxygen atoms in total. The van der Waals surface area contributed by atoms with Crippen LogP contribution in [0.15, 0.2) is 28.0 Å². The third kappa shape index (κ3) is 3.46. The van der Waals surface area contributed by atoms with Gasteiger partial charge in [-0.2, -0.15) is 0 Å². The summed E-state index contributed by atoms with van der Waals surface area (Å²) in [5, 5.41) is 0. The fourth-order valence-electron chi connectivity index (χ4n) is 1.61. The van der Waals surface area contributed by atoms with Crippen molar-refractivity contribution < 1.29 is 16.8 Å². The van der Waals surface area contributed by atoms with Gasteiger partial charge in [-0.3, -0.25) is 0 Å². The van der Waals surface area contributed by atoms with Gasteiger partial charge >= 0.3 is 0 Å². The Morgan fingerprint density at radius 1 is 1.26 bits per heavy atom. The zero-order valence-electron chi connectivity index (χ0n) is 10.5. The van der Waals surface area contributed by atoms with Crippen molar-refractivity contribution in [3.63, 3.8) is 0 Å². The molecule has 0 bridgehead atoms. The monoisotopic (exact) mass is 304 g/mol. The first-order chi connectivity index (χ1) is 8.70. The van der Waals surface area contributed by atoms with E-state index in [9.17, 15) is 16.8 Å². The van der Waals surface area contributed by atoms with Crippen molar-refractivity contribution in [2.24, 2.45) is 5.92 Å². The molecule has 1 fully saturated rings. The van der Waals surface area contributed by atoms with Gasteiger partial charge in [0.05, 0.1) is 10.6 Å². The van der Waals surface area contributed by atoms with Gasteiger partial charge in [-0.25, -0.2) is 21.6 Å². The van der Waals surface area contributed by atoms with Crippen LogP contribution in [0.2, 0.25) is 0 Å². The van der Waals surface area contributed by atoms with Crippen LogP contribution in [0, 0.1) is 5.92 Å². The molecule has 1 aromatic carbocycles. The highest BCUT2D eigenvalue weighted by Gasteiger charge is 2.26. The molecule has 0 atom stereocenters. The molecule has 1 saturated carbocycles. The number of benzene rings is 1. The summed E-state index contributed by atoms with van der Waals surface area (Å²) in [6, 6.07) is 3.69. The highest BCUT2D eigenvalue weighted by molar-refractivity contribution is 7.91. The van der Waals surface area contributed by atoms with E-state index in [2.05, 4.69) is 4.72 Å². The fourth-order valence-corrected chi connectivity index (χ4v) is 3.60. The van der Waals surface area contributed by atoms with E-state index in [1.807, 2.05) is 0 Å². The number of hydrogen-bond donors (Lipinski definition) is 2. The standard InChI is InChI=1S/C11H16N2O4S2/c1-18(14,15)9-4-5-10(12)11(6-9)19(16,17)13-7-8-2-3-8/h4-6,8,13H,2-3,7,12H2,1H3. The molecule has 106 valence electrons. The molecule has 0 amide bonds. The Morgan fingerprint density at radius 2 is 1.89 bits per heavy atom. The number of rotatable bonds is 5. The smallest absolute Gasteiger partial charge is 0.242 e. The summed E-state index contributed by atoms with van der Waals surface area (Å²) >= 11 is 0. The highest BCUT2D eigenvalue weighted by Crippen LogP contribution is 2.29. The molecule has 0 radical (unpaired) electrons. The summed E-state index contributed by atoms with van der Waals surface area (Å²) in [6.45, 7) is 0.366. The number of nitrogens with one attached hydrogen (secondary N) is 1. The molecule has 1 aromatic rings.